The van der Waals surface area contributed by atoms with Crippen molar-refractivity contribution in [3.05, 3.63) is 0 Å². The molecule has 0 radical (unpaired) electrons. The van der Waals surface area contributed by atoms with Crippen LogP contribution in [0.25, 0.3) is 0 Å². The van der Waals surface area contributed by atoms with E-state index in [1.165, 1.54) is 32.1 Å². The first-order valence-corrected chi connectivity index (χ1v) is 7.86. The molecule has 0 aromatic rings. The summed E-state index contributed by atoms with van der Waals surface area (Å²) < 4.78 is 0. The number of carbonyl (C=O) groups is 2. The lowest BCUT2D eigenvalue weighted by molar-refractivity contribution is -0.141. The van der Waals surface area contributed by atoms with Crippen LogP contribution in [0, 0.1) is 11.8 Å². The van der Waals surface area contributed by atoms with E-state index in [9.17, 15) is 9.59 Å². The van der Waals surface area contributed by atoms with E-state index in [1.807, 2.05) is 0 Å². The van der Waals surface area contributed by atoms with Gasteiger partial charge in [0, 0.05) is 12.1 Å². The van der Waals surface area contributed by atoms with Crippen molar-refractivity contribution in [2.24, 2.45) is 11.8 Å². The average Bonchev–Trinajstić information content (AvgIpc) is 2.88. The molecule has 0 saturated heterocycles. The van der Waals surface area contributed by atoms with E-state index in [-0.39, 0.29) is 24.0 Å². The maximum Gasteiger partial charge on any atom is 0.315 e. The Kier molecular flexibility index (Phi) is 5.26. The number of aliphatic carboxylic acids is 1. The van der Waals surface area contributed by atoms with Gasteiger partial charge >= 0.3 is 12.0 Å². The van der Waals surface area contributed by atoms with Crippen LogP contribution in [0.15, 0.2) is 0 Å². The standard InChI is InChI=1S/C15H26N2O3/c1-10(11-5-3-2-4-6-11)16-15(20)17-13-8-7-12(9-13)14(18)19/h10-13H,2-9H2,1H3,(H,18,19)(H2,16,17,20). The van der Waals surface area contributed by atoms with E-state index in [1.54, 1.807) is 0 Å². The van der Waals surface area contributed by atoms with Crippen molar-refractivity contribution in [2.45, 2.75) is 70.4 Å². The molecular formula is C15H26N2O3. The van der Waals surface area contributed by atoms with E-state index >= 15 is 0 Å². The highest BCUT2D eigenvalue weighted by molar-refractivity contribution is 5.75. The van der Waals surface area contributed by atoms with Crippen molar-refractivity contribution < 1.29 is 14.7 Å². The molecule has 2 aliphatic carbocycles. The van der Waals surface area contributed by atoms with Gasteiger partial charge in [-0.25, -0.2) is 4.79 Å². The number of nitrogens with one attached hydrogen (secondary N) is 2. The van der Waals surface area contributed by atoms with Gasteiger partial charge in [0.05, 0.1) is 5.92 Å². The van der Waals surface area contributed by atoms with Crippen LogP contribution in [0.3, 0.4) is 0 Å². The number of hydrogen-bond donors (Lipinski definition) is 3. The molecule has 5 heteroatoms. The maximum absolute atomic E-state index is 12.0. The zero-order valence-electron chi connectivity index (χ0n) is 12.2. The normalized spacial score (nSPS) is 28.9. The summed E-state index contributed by atoms with van der Waals surface area (Å²) >= 11 is 0. The first-order chi connectivity index (χ1) is 9.56. The molecule has 2 fully saturated rings. The zero-order valence-corrected chi connectivity index (χ0v) is 12.2. The smallest absolute Gasteiger partial charge is 0.315 e. The lowest BCUT2D eigenvalue weighted by atomic mass is 9.85. The van der Waals surface area contributed by atoms with Gasteiger partial charge in [0.2, 0.25) is 0 Å². The minimum absolute atomic E-state index is 0.00894. The summed E-state index contributed by atoms with van der Waals surface area (Å²) in [5, 5.41) is 14.9. The summed E-state index contributed by atoms with van der Waals surface area (Å²) in [5.74, 6) is -0.453. The number of amides is 2. The van der Waals surface area contributed by atoms with Gasteiger partial charge in [-0.2, -0.15) is 0 Å². The number of urea groups is 1. The van der Waals surface area contributed by atoms with Crippen LogP contribution >= 0.6 is 0 Å². The Balaban J connectivity index is 1.71. The number of hydrogen-bond acceptors (Lipinski definition) is 2. The van der Waals surface area contributed by atoms with Crippen molar-refractivity contribution in [1.29, 1.82) is 0 Å². The van der Waals surface area contributed by atoms with Gasteiger partial charge < -0.3 is 15.7 Å². The van der Waals surface area contributed by atoms with Crippen LogP contribution in [0.4, 0.5) is 4.79 Å². The molecule has 0 aliphatic heterocycles. The molecule has 0 spiro atoms. The molecule has 0 bridgehead atoms. The van der Waals surface area contributed by atoms with E-state index in [0.717, 1.165) is 6.42 Å². The topological polar surface area (TPSA) is 78.4 Å². The maximum atomic E-state index is 12.0. The molecule has 0 heterocycles. The van der Waals surface area contributed by atoms with Crippen molar-refractivity contribution in [3.63, 3.8) is 0 Å². The number of rotatable bonds is 4. The molecule has 0 aromatic carbocycles. The van der Waals surface area contributed by atoms with Crippen LogP contribution < -0.4 is 10.6 Å². The Hall–Kier alpha value is -1.26. The van der Waals surface area contributed by atoms with Gasteiger partial charge in [-0.1, -0.05) is 19.3 Å². The van der Waals surface area contributed by atoms with Crippen molar-refractivity contribution in [2.75, 3.05) is 0 Å². The van der Waals surface area contributed by atoms with E-state index in [2.05, 4.69) is 17.6 Å². The van der Waals surface area contributed by atoms with E-state index in [0.29, 0.717) is 18.8 Å². The lowest BCUT2D eigenvalue weighted by Crippen LogP contribution is -2.47. The first kappa shape index (κ1) is 15.1. The summed E-state index contributed by atoms with van der Waals surface area (Å²) in [6, 6.07) is 0.0701. The fourth-order valence-corrected chi connectivity index (χ4v) is 3.52. The molecule has 3 atom stereocenters. The van der Waals surface area contributed by atoms with Crippen LogP contribution in [-0.4, -0.2) is 29.2 Å². The predicted octanol–water partition coefficient (Wildman–Crippen LogP) is 2.51. The Morgan fingerprint density at radius 2 is 1.80 bits per heavy atom. The molecule has 5 nitrogen and oxygen atoms in total. The third kappa shape index (κ3) is 4.12. The third-order valence-electron chi connectivity index (χ3n) is 4.83. The number of carbonyl (C=O) groups excluding carboxylic acids is 1. The lowest BCUT2D eigenvalue weighted by Gasteiger charge is -2.28. The second kappa shape index (κ2) is 6.95. The summed E-state index contributed by atoms with van der Waals surface area (Å²) in [4.78, 5) is 22.8. The second-order valence-electron chi connectivity index (χ2n) is 6.35. The van der Waals surface area contributed by atoms with Gasteiger partial charge in [-0.05, 0) is 44.9 Å². The van der Waals surface area contributed by atoms with Crippen LogP contribution in [0.1, 0.15) is 58.3 Å². The van der Waals surface area contributed by atoms with Gasteiger partial charge in [-0.3, -0.25) is 4.79 Å². The molecule has 2 rings (SSSR count). The largest absolute Gasteiger partial charge is 0.481 e. The van der Waals surface area contributed by atoms with Gasteiger partial charge in [0.25, 0.3) is 0 Å². The Morgan fingerprint density at radius 1 is 1.10 bits per heavy atom. The summed E-state index contributed by atoms with van der Waals surface area (Å²) in [5.41, 5.74) is 0. The Labute approximate surface area is 120 Å². The second-order valence-corrected chi connectivity index (χ2v) is 6.35. The van der Waals surface area contributed by atoms with Gasteiger partial charge in [-0.15, -0.1) is 0 Å². The molecule has 3 unspecified atom stereocenters. The van der Waals surface area contributed by atoms with Gasteiger partial charge in [0.1, 0.15) is 0 Å². The fourth-order valence-electron chi connectivity index (χ4n) is 3.52. The third-order valence-corrected chi connectivity index (χ3v) is 4.83. The zero-order chi connectivity index (χ0) is 14.5. The Morgan fingerprint density at radius 3 is 2.40 bits per heavy atom. The summed E-state index contributed by atoms with van der Waals surface area (Å²) in [6.07, 6.45) is 8.23. The van der Waals surface area contributed by atoms with Crippen molar-refractivity contribution in [3.8, 4) is 0 Å². The monoisotopic (exact) mass is 282 g/mol. The SMILES string of the molecule is CC(NC(=O)NC1CCC(C(=O)O)C1)C1CCCCC1. The van der Waals surface area contributed by atoms with E-state index in [4.69, 9.17) is 5.11 Å². The molecule has 20 heavy (non-hydrogen) atoms. The molecule has 114 valence electrons. The highest BCUT2D eigenvalue weighted by Gasteiger charge is 2.31. The molecule has 2 aliphatic rings. The molecular weight excluding hydrogens is 256 g/mol. The van der Waals surface area contributed by atoms with E-state index < -0.39 is 5.97 Å². The van der Waals surface area contributed by atoms with Crippen LogP contribution in [-0.2, 0) is 4.79 Å². The fraction of sp³-hybridized carbons (Fsp3) is 0.867. The highest BCUT2D eigenvalue weighted by atomic mass is 16.4. The molecule has 0 aromatic heterocycles. The van der Waals surface area contributed by atoms with Crippen molar-refractivity contribution >= 4 is 12.0 Å². The summed E-state index contributed by atoms with van der Waals surface area (Å²) in [6.45, 7) is 2.07. The molecule has 2 amide bonds. The quantitative estimate of drug-likeness (QED) is 0.741. The number of carboxylic acids is 1. The first-order valence-electron chi connectivity index (χ1n) is 7.86. The Bertz CT molecular complexity index is 353. The van der Waals surface area contributed by atoms with Gasteiger partial charge in [0.15, 0.2) is 0 Å². The average molecular weight is 282 g/mol. The minimum Gasteiger partial charge on any atom is -0.481 e. The summed E-state index contributed by atoms with van der Waals surface area (Å²) in [7, 11) is 0. The van der Waals surface area contributed by atoms with Crippen molar-refractivity contribution in [1.82, 2.24) is 10.6 Å². The molecule has 3 N–H and O–H groups in total. The predicted molar refractivity (Wildman–Crippen MR) is 76.5 cm³/mol. The number of carboxylic acid groups (broad SMARTS) is 1. The van der Waals surface area contributed by atoms with Crippen LogP contribution in [0.5, 0.6) is 0 Å². The van der Waals surface area contributed by atoms with Crippen LogP contribution in [0.2, 0.25) is 0 Å². The minimum atomic E-state index is -0.745. The molecule has 2 saturated carbocycles. The highest BCUT2D eigenvalue weighted by Crippen LogP contribution is 2.27.